The first-order valence-corrected chi connectivity index (χ1v) is 14.3. The number of aromatic nitrogens is 2. The number of rotatable bonds is 7. The molecule has 4 aromatic rings. The first-order chi connectivity index (χ1) is 19.9. The summed E-state index contributed by atoms with van der Waals surface area (Å²) < 4.78 is 55.1. The molecule has 1 aromatic heterocycles. The Morgan fingerprint density at radius 3 is 2.45 bits per heavy atom. The van der Waals surface area contributed by atoms with Crippen LogP contribution in [0.3, 0.4) is 0 Å². The molecule has 222 valence electrons. The number of benzene rings is 3. The Balaban J connectivity index is 1.31. The lowest BCUT2D eigenvalue weighted by Gasteiger charge is -2.29. The van der Waals surface area contributed by atoms with Crippen LogP contribution in [0.25, 0.3) is 22.2 Å². The third-order valence-electron chi connectivity index (χ3n) is 8.41. The molecule has 5 rings (SSSR count). The van der Waals surface area contributed by atoms with Crippen LogP contribution in [0.4, 0.5) is 23.2 Å². The highest BCUT2D eigenvalue weighted by molar-refractivity contribution is 5.93. The highest BCUT2D eigenvalue weighted by Crippen LogP contribution is 2.38. The van der Waals surface area contributed by atoms with Gasteiger partial charge in [0.25, 0.3) is 0 Å². The van der Waals surface area contributed by atoms with Crippen molar-refractivity contribution in [3.8, 4) is 11.1 Å². The molecular weight excluding hydrogens is 544 g/mol. The minimum atomic E-state index is -4.64. The number of hydrogen-bond acceptors (Lipinski definition) is 3. The van der Waals surface area contributed by atoms with Crippen molar-refractivity contribution in [1.82, 2.24) is 14.5 Å². The van der Waals surface area contributed by atoms with Crippen LogP contribution in [0, 0.1) is 18.7 Å². The second-order valence-corrected chi connectivity index (χ2v) is 11.6. The zero-order valence-electron chi connectivity index (χ0n) is 24.4. The van der Waals surface area contributed by atoms with Crippen LogP contribution in [0.1, 0.15) is 54.1 Å². The summed E-state index contributed by atoms with van der Waals surface area (Å²) in [5.41, 5.74) is 5.43. The molecule has 9 heteroatoms. The van der Waals surface area contributed by atoms with E-state index in [0.717, 1.165) is 71.5 Å². The summed E-state index contributed by atoms with van der Waals surface area (Å²) in [6.45, 7) is 2.95. The molecule has 1 N–H and O–H groups in total. The number of halogens is 4. The van der Waals surface area contributed by atoms with Crippen LogP contribution >= 0.6 is 0 Å². The Labute approximate surface area is 243 Å². The smallest absolute Gasteiger partial charge is 0.331 e. The third-order valence-corrected chi connectivity index (χ3v) is 8.41. The predicted molar refractivity (Wildman–Crippen MR) is 158 cm³/mol. The molecule has 0 aliphatic heterocycles. The lowest BCUT2D eigenvalue weighted by atomic mass is 9.77. The molecular formula is C33H36F4N4O. The van der Waals surface area contributed by atoms with Gasteiger partial charge in [0.1, 0.15) is 11.6 Å². The van der Waals surface area contributed by atoms with Crippen molar-refractivity contribution < 1.29 is 22.4 Å². The molecule has 1 heterocycles. The Kier molecular flexibility index (Phi) is 8.42. The third kappa shape index (κ3) is 6.36. The number of nitrogens with zero attached hydrogens (tertiary/aromatic N) is 3. The van der Waals surface area contributed by atoms with E-state index in [0.29, 0.717) is 18.9 Å². The molecule has 1 aliphatic carbocycles. The van der Waals surface area contributed by atoms with Gasteiger partial charge in [-0.05, 0) is 105 Å². The van der Waals surface area contributed by atoms with Crippen LogP contribution < -0.4 is 5.32 Å². The molecule has 0 bridgehead atoms. The number of nitrogens with one attached hydrogen (secondary N) is 1. The molecule has 2 atom stereocenters. The van der Waals surface area contributed by atoms with Gasteiger partial charge < -0.3 is 14.8 Å². The largest absolute Gasteiger partial charge is 0.416 e. The number of likely N-dealkylation sites (N-methyl/N-ethyl adjacent to an activating group) is 1. The van der Waals surface area contributed by atoms with Crippen molar-refractivity contribution in [2.75, 3.05) is 26.0 Å². The summed E-state index contributed by atoms with van der Waals surface area (Å²) in [4.78, 5) is 19.9. The fourth-order valence-corrected chi connectivity index (χ4v) is 5.97. The molecule has 0 saturated heterocycles. The van der Waals surface area contributed by atoms with Gasteiger partial charge in [-0.2, -0.15) is 13.2 Å². The topological polar surface area (TPSA) is 50.2 Å². The highest BCUT2D eigenvalue weighted by atomic mass is 19.4. The summed E-state index contributed by atoms with van der Waals surface area (Å²) in [5, 5.41) is 2.51. The van der Waals surface area contributed by atoms with E-state index in [2.05, 4.69) is 72.3 Å². The van der Waals surface area contributed by atoms with Crippen LogP contribution in [0.15, 0.2) is 54.6 Å². The SMILES string of the molecule is Cc1nc2cc(-c3ccc(C4CCCC(C(=O)Nc5ccc(C(F)(F)F)cc5F)C4)cc3)cc(CCN(C)C)c2n1C. The van der Waals surface area contributed by atoms with Gasteiger partial charge >= 0.3 is 6.18 Å². The Bertz CT molecular complexity index is 1590. The molecule has 0 radical (unpaired) electrons. The Morgan fingerprint density at radius 2 is 1.79 bits per heavy atom. The number of amides is 1. The Hall–Kier alpha value is -3.72. The summed E-state index contributed by atoms with van der Waals surface area (Å²) in [6.07, 6.45) is -0.704. The van der Waals surface area contributed by atoms with E-state index < -0.39 is 17.6 Å². The average Bonchev–Trinajstić information content (AvgIpc) is 3.25. The summed E-state index contributed by atoms with van der Waals surface area (Å²) in [7, 11) is 6.19. The maximum absolute atomic E-state index is 14.3. The summed E-state index contributed by atoms with van der Waals surface area (Å²) in [5.74, 6) is -0.665. The molecule has 1 fully saturated rings. The number of hydrogen-bond donors (Lipinski definition) is 1. The normalized spacial score (nSPS) is 17.6. The van der Waals surface area contributed by atoms with Crippen molar-refractivity contribution in [3.63, 3.8) is 0 Å². The van der Waals surface area contributed by atoms with Gasteiger partial charge in [0.05, 0.1) is 22.3 Å². The molecule has 1 amide bonds. The molecule has 3 aromatic carbocycles. The zero-order valence-corrected chi connectivity index (χ0v) is 24.4. The summed E-state index contributed by atoms with van der Waals surface area (Å²) >= 11 is 0. The van der Waals surface area contributed by atoms with Crippen molar-refractivity contribution in [2.24, 2.45) is 13.0 Å². The predicted octanol–water partition coefficient (Wildman–Crippen LogP) is 7.72. The second kappa shape index (κ2) is 11.9. The van der Waals surface area contributed by atoms with Crippen molar-refractivity contribution in [3.05, 3.63) is 82.9 Å². The minimum absolute atomic E-state index is 0.164. The minimum Gasteiger partial charge on any atom is -0.331 e. The lowest BCUT2D eigenvalue weighted by Crippen LogP contribution is -2.28. The van der Waals surface area contributed by atoms with Crippen molar-refractivity contribution in [2.45, 2.75) is 51.1 Å². The molecule has 2 unspecified atom stereocenters. The van der Waals surface area contributed by atoms with E-state index in [1.165, 1.54) is 5.56 Å². The van der Waals surface area contributed by atoms with Gasteiger partial charge in [0.15, 0.2) is 0 Å². The van der Waals surface area contributed by atoms with Gasteiger partial charge in [-0.15, -0.1) is 0 Å². The highest BCUT2D eigenvalue weighted by Gasteiger charge is 2.32. The maximum atomic E-state index is 14.3. The second-order valence-electron chi connectivity index (χ2n) is 11.6. The quantitative estimate of drug-likeness (QED) is 0.228. The zero-order chi connectivity index (χ0) is 30.2. The average molecular weight is 581 g/mol. The van der Waals surface area contributed by atoms with Gasteiger partial charge in [-0.3, -0.25) is 4.79 Å². The number of aryl methyl sites for hydroxylation is 2. The van der Waals surface area contributed by atoms with E-state index in [-0.39, 0.29) is 23.4 Å². The molecule has 1 aliphatic rings. The van der Waals surface area contributed by atoms with E-state index in [4.69, 9.17) is 4.98 Å². The Morgan fingerprint density at radius 1 is 1.05 bits per heavy atom. The van der Waals surface area contributed by atoms with Gasteiger partial charge in [0.2, 0.25) is 5.91 Å². The van der Waals surface area contributed by atoms with Gasteiger partial charge in [-0.25, -0.2) is 9.37 Å². The number of anilines is 1. The van der Waals surface area contributed by atoms with Crippen LogP contribution in [0.2, 0.25) is 0 Å². The van der Waals surface area contributed by atoms with E-state index in [1.807, 2.05) is 6.92 Å². The number of carbonyl (C=O) groups is 1. The fourth-order valence-electron chi connectivity index (χ4n) is 5.97. The number of fused-ring (bicyclic) bond motifs is 1. The fraction of sp³-hybridized carbons (Fsp3) is 0.394. The standard InChI is InChI=1S/C33H36F4N4O/c1-20-38-30-18-26(17-24(14-15-40(2)3)31(30)41(20)4)22-10-8-21(9-11-22)23-6-5-7-25(16-23)32(42)39-29-13-12-27(19-28(29)34)33(35,36)37/h8-13,17-19,23,25H,5-7,14-16H2,1-4H3,(H,39,42). The number of alkyl halides is 3. The monoisotopic (exact) mass is 580 g/mol. The maximum Gasteiger partial charge on any atom is 0.416 e. The molecule has 1 saturated carbocycles. The molecule has 5 nitrogen and oxygen atoms in total. The van der Waals surface area contributed by atoms with E-state index in [9.17, 15) is 22.4 Å². The van der Waals surface area contributed by atoms with Crippen LogP contribution in [0.5, 0.6) is 0 Å². The lowest BCUT2D eigenvalue weighted by molar-refractivity contribution is -0.137. The molecule has 42 heavy (non-hydrogen) atoms. The van der Waals surface area contributed by atoms with Crippen LogP contribution in [-0.4, -0.2) is 41.0 Å². The van der Waals surface area contributed by atoms with Gasteiger partial charge in [-0.1, -0.05) is 30.7 Å². The first kappa shape index (κ1) is 29.8. The van der Waals surface area contributed by atoms with Crippen molar-refractivity contribution >= 4 is 22.6 Å². The van der Waals surface area contributed by atoms with Crippen molar-refractivity contribution in [1.29, 1.82) is 0 Å². The first-order valence-electron chi connectivity index (χ1n) is 14.3. The van der Waals surface area contributed by atoms with E-state index in [1.54, 1.807) is 0 Å². The van der Waals surface area contributed by atoms with Gasteiger partial charge in [0, 0.05) is 19.5 Å². The van der Waals surface area contributed by atoms with E-state index >= 15 is 0 Å². The number of imidazole rings is 1. The summed E-state index contributed by atoms with van der Waals surface area (Å²) in [6, 6.07) is 15.0. The molecule has 0 spiro atoms. The van der Waals surface area contributed by atoms with Crippen LogP contribution in [-0.2, 0) is 24.4 Å². The number of carbonyl (C=O) groups excluding carboxylic acids is 1.